The van der Waals surface area contributed by atoms with Gasteiger partial charge in [0.2, 0.25) is 5.91 Å². The molecule has 0 radical (unpaired) electrons. The number of carbonyl (C=O) groups is 1. The Hall–Kier alpha value is -3.32. The fourth-order valence-electron chi connectivity index (χ4n) is 3.26. The van der Waals surface area contributed by atoms with Gasteiger partial charge in [0.1, 0.15) is 17.1 Å². The van der Waals surface area contributed by atoms with Crippen LogP contribution in [0, 0.1) is 0 Å². The minimum Gasteiger partial charge on any atom is -0.497 e. The number of hydrogen-bond donors (Lipinski definition) is 1. The molecule has 2 aromatic carbocycles. The highest BCUT2D eigenvalue weighted by atomic mass is 16.5. The average molecular weight is 396 g/mol. The minimum atomic E-state index is -0.428. The Morgan fingerprint density at radius 3 is 2.48 bits per heavy atom. The zero-order valence-electron chi connectivity index (χ0n) is 16.9. The highest BCUT2D eigenvalue weighted by molar-refractivity contribution is 5.92. The third-order valence-electron chi connectivity index (χ3n) is 4.53. The van der Waals surface area contributed by atoms with Crippen LogP contribution < -0.4 is 20.4 Å². The summed E-state index contributed by atoms with van der Waals surface area (Å²) >= 11 is 0. The summed E-state index contributed by atoms with van der Waals surface area (Å²) in [6.07, 6.45) is 0. The molecule has 1 N–H and O–H groups in total. The SMILES string of the molecule is COc1ccc(CN(C)Cc2cc(=O)oc3cc(NC(C)=O)ccc23)c(OC)c1. The van der Waals surface area contributed by atoms with Crippen molar-refractivity contribution in [2.45, 2.75) is 20.0 Å². The Bertz CT molecular complexity index is 1090. The Morgan fingerprint density at radius 1 is 1.03 bits per heavy atom. The second-order valence-corrected chi connectivity index (χ2v) is 6.83. The second-order valence-electron chi connectivity index (χ2n) is 6.83. The van der Waals surface area contributed by atoms with E-state index >= 15 is 0 Å². The Morgan fingerprint density at radius 2 is 1.79 bits per heavy atom. The number of rotatable bonds is 7. The lowest BCUT2D eigenvalue weighted by Crippen LogP contribution is -2.19. The van der Waals surface area contributed by atoms with Gasteiger partial charge in [-0.1, -0.05) is 6.07 Å². The van der Waals surface area contributed by atoms with E-state index in [9.17, 15) is 9.59 Å². The van der Waals surface area contributed by atoms with E-state index in [1.165, 1.54) is 13.0 Å². The molecule has 0 aliphatic carbocycles. The molecule has 1 heterocycles. The van der Waals surface area contributed by atoms with Crippen molar-refractivity contribution in [1.82, 2.24) is 4.90 Å². The lowest BCUT2D eigenvalue weighted by molar-refractivity contribution is -0.114. The van der Waals surface area contributed by atoms with E-state index in [1.807, 2.05) is 31.3 Å². The van der Waals surface area contributed by atoms with Crippen molar-refractivity contribution >= 4 is 22.6 Å². The van der Waals surface area contributed by atoms with Crippen LogP contribution in [0.15, 0.2) is 51.7 Å². The van der Waals surface area contributed by atoms with Crippen LogP contribution in [0.2, 0.25) is 0 Å². The Kier molecular flexibility index (Phi) is 6.19. The molecule has 3 aromatic rings. The minimum absolute atomic E-state index is 0.184. The van der Waals surface area contributed by atoms with Gasteiger partial charge in [0.15, 0.2) is 0 Å². The number of hydrogen-bond acceptors (Lipinski definition) is 6. The number of carbonyl (C=O) groups excluding carboxylic acids is 1. The molecule has 0 saturated carbocycles. The monoisotopic (exact) mass is 396 g/mol. The molecule has 7 heteroatoms. The standard InChI is InChI=1S/C22H24N2O5/c1-14(25)23-17-6-8-19-16(9-22(26)29-21(19)10-17)13-24(2)12-15-5-7-18(27-3)11-20(15)28-4/h5-11H,12-13H2,1-4H3,(H,23,25). The molecule has 29 heavy (non-hydrogen) atoms. The molecule has 0 bridgehead atoms. The summed E-state index contributed by atoms with van der Waals surface area (Å²) in [5.41, 5.74) is 2.45. The number of anilines is 1. The van der Waals surface area contributed by atoms with Crippen LogP contribution in [0.1, 0.15) is 18.1 Å². The smallest absolute Gasteiger partial charge is 0.336 e. The van der Waals surface area contributed by atoms with Gasteiger partial charge < -0.3 is 19.2 Å². The van der Waals surface area contributed by atoms with E-state index in [2.05, 4.69) is 10.2 Å². The van der Waals surface area contributed by atoms with Crippen LogP contribution in [0.25, 0.3) is 11.0 Å². The number of methoxy groups -OCH3 is 2. The number of nitrogens with one attached hydrogen (secondary N) is 1. The topological polar surface area (TPSA) is 81.0 Å². The fourth-order valence-corrected chi connectivity index (χ4v) is 3.26. The summed E-state index contributed by atoms with van der Waals surface area (Å²) in [7, 11) is 5.21. The molecule has 152 valence electrons. The first-order valence-corrected chi connectivity index (χ1v) is 9.13. The third kappa shape index (κ3) is 4.94. The predicted molar refractivity (Wildman–Crippen MR) is 112 cm³/mol. The van der Waals surface area contributed by atoms with Crippen molar-refractivity contribution in [2.75, 3.05) is 26.6 Å². The zero-order chi connectivity index (χ0) is 21.0. The second kappa shape index (κ2) is 8.79. The Labute approximate surface area is 168 Å². The van der Waals surface area contributed by atoms with Crippen LogP contribution >= 0.6 is 0 Å². The number of benzene rings is 2. The maximum Gasteiger partial charge on any atom is 0.336 e. The Balaban J connectivity index is 1.85. The molecule has 0 spiro atoms. The van der Waals surface area contributed by atoms with Crippen LogP contribution in [0.5, 0.6) is 11.5 Å². The van der Waals surface area contributed by atoms with E-state index in [0.29, 0.717) is 24.4 Å². The highest BCUT2D eigenvalue weighted by Crippen LogP contribution is 2.27. The van der Waals surface area contributed by atoms with Crippen molar-refractivity contribution < 1.29 is 18.7 Å². The largest absolute Gasteiger partial charge is 0.497 e. The van der Waals surface area contributed by atoms with Gasteiger partial charge in [0.25, 0.3) is 0 Å². The van der Waals surface area contributed by atoms with Gasteiger partial charge in [-0.2, -0.15) is 0 Å². The van der Waals surface area contributed by atoms with Crippen molar-refractivity contribution in [3.63, 3.8) is 0 Å². The lowest BCUT2D eigenvalue weighted by Gasteiger charge is -2.19. The number of nitrogens with zero attached hydrogens (tertiary/aromatic N) is 1. The first-order chi connectivity index (χ1) is 13.9. The van der Waals surface area contributed by atoms with E-state index < -0.39 is 5.63 Å². The quantitative estimate of drug-likeness (QED) is 0.617. The van der Waals surface area contributed by atoms with Gasteiger partial charge in [0.05, 0.1) is 14.2 Å². The third-order valence-corrected chi connectivity index (χ3v) is 4.53. The predicted octanol–water partition coefficient (Wildman–Crippen LogP) is 3.40. The molecule has 0 saturated heterocycles. The van der Waals surface area contributed by atoms with Gasteiger partial charge in [0, 0.05) is 54.8 Å². The van der Waals surface area contributed by atoms with Crippen LogP contribution in [0.4, 0.5) is 5.69 Å². The maximum absolute atomic E-state index is 12.0. The highest BCUT2D eigenvalue weighted by Gasteiger charge is 2.12. The van der Waals surface area contributed by atoms with Crippen molar-refractivity contribution in [3.8, 4) is 11.5 Å². The number of fused-ring (bicyclic) bond motifs is 1. The van der Waals surface area contributed by atoms with Gasteiger partial charge in [-0.25, -0.2) is 4.79 Å². The van der Waals surface area contributed by atoms with E-state index in [-0.39, 0.29) is 5.91 Å². The molecule has 7 nitrogen and oxygen atoms in total. The summed E-state index contributed by atoms with van der Waals surface area (Å²) in [4.78, 5) is 25.4. The van der Waals surface area contributed by atoms with Gasteiger partial charge in [-0.15, -0.1) is 0 Å². The lowest BCUT2D eigenvalue weighted by atomic mass is 10.1. The van der Waals surface area contributed by atoms with Crippen molar-refractivity contribution in [2.24, 2.45) is 0 Å². The summed E-state index contributed by atoms with van der Waals surface area (Å²) in [5.74, 6) is 1.29. The first kappa shape index (κ1) is 20.4. The molecule has 0 fully saturated rings. The molecule has 0 atom stereocenters. The van der Waals surface area contributed by atoms with E-state index in [4.69, 9.17) is 13.9 Å². The van der Waals surface area contributed by atoms with E-state index in [1.54, 1.807) is 26.4 Å². The van der Waals surface area contributed by atoms with Crippen molar-refractivity contribution in [3.05, 3.63) is 64.0 Å². The molecule has 1 amide bonds. The van der Waals surface area contributed by atoms with E-state index in [0.717, 1.165) is 28.0 Å². The zero-order valence-corrected chi connectivity index (χ0v) is 16.9. The van der Waals surface area contributed by atoms with Crippen LogP contribution in [-0.2, 0) is 17.9 Å². The molecule has 0 aliphatic rings. The summed E-state index contributed by atoms with van der Waals surface area (Å²) in [5, 5.41) is 3.52. The van der Waals surface area contributed by atoms with Crippen molar-refractivity contribution in [1.29, 1.82) is 0 Å². The fraction of sp³-hybridized carbons (Fsp3) is 0.273. The van der Waals surface area contributed by atoms with Gasteiger partial charge in [-0.3, -0.25) is 9.69 Å². The number of amides is 1. The van der Waals surface area contributed by atoms with Crippen LogP contribution in [-0.4, -0.2) is 32.1 Å². The summed E-state index contributed by atoms with van der Waals surface area (Å²) < 4.78 is 16.0. The van der Waals surface area contributed by atoms with Crippen LogP contribution in [0.3, 0.4) is 0 Å². The summed E-state index contributed by atoms with van der Waals surface area (Å²) in [6.45, 7) is 2.59. The normalized spacial score (nSPS) is 10.9. The molecule has 0 aliphatic heterocycles. The molecule has 1 aromatic heterocycles. The van der Waals surface area contributed by atoms with Gasteiger partial charge in [-0.05, 0) is 30.8 Å². The molecule has 0 unspecified atom stereocenters. The molecular formula is C22H24N2O5. The number of ether oxygens (including phenoxy) is 2. The maximum atomic E-state index is 12.0. The molecule has 3 rings (SSSR count). The molecular weight excluding hydrogens is 372 g/mol. The average Bonchev–Trinajstić information content (AvgIpc) is 2.67. The first-order valence-electron chi connectivity index (χ1n) is 9.13. The summed E-state index contributed by atoms with van der Waals surface area (Å²) in [6, 6.07) is 12.5. The van der Waals surface area contributed by atoms with Gasteiger partial charge >= 0.3 is 5.63 Å².